The lowest BCUT2D eigenvalue weighted by Gasteiger charge is -2.36. The van der Waals surface area contributed by atoms with Gasteiger partial charge in [0.25, 0.3) is 5.91 Å². The Bertz CT molecular complexity index is 1200. The molecule has 0 bridgehead atoms. The summed E-state index contributed by atoms with van der Waals surface area (Å²) < 4.78 is 11.0. The topological polar surface area (TPSA) is 186 Å². The predicted octanol–water partition coefficient (Wildman–Crippen LogP) is 2.17. The maximum Gasteiger partial charge on any atom is 0.329 e. The second kappa shape index (κ2) is 14.8. The molecule has 0 radical (unpaired) electrons. The molecule has 1 saturated carbocycles. The summed E-state index contributed by atoms with van der Waals surface area (Å²) >= 11 is 0. The number of rotatable bonds is 14. The summed E-state index contributed by atoms with van der Waals surface area (Å²) in [4.78, 5) is 79.9. The molecule has 13 nitrogen and oxygen atoms in total. The highest BCUT2D eigenvalue weighted by atomic mass is 16.6. The van der Waals surface area contributed by atoms with E-state index in [2.05, 4.69) is 16.0 Å². The van der Waals surface area contributed by atoms with Crippen LogP contribution in [0.1, 0.15) is 87.5 Å². The van der Waals surface area contributed by atoms with Gasteiger partial charge in [-0.25, -0.2) is 9.59 Å². The van der Waals surface area contributed by atoms with Crippen LogP contribution in [-0.2, 0) is 33.4 Å². The monoisotopic (exact) mass is 647 g/mol. The van der Waals surface area contributed by atoms with Crippen molar-refractivity contribution in [3.63, 3.8) is 0 Å². The summed E-state index contributed by atoms with van der Waals surface area (Å²) in [5.74, 6) is -3.54. The van der Waals surface area contributed by atoms with Crippen LogP contribution in [0.5, 0.6) is 0 Å². The van der Waals surface area contributed by atoms with E-state index in [-0.39, 0.29) is 36.8 Å². The van der Waals surface area contributed by atoms with Crippen LogP contribution in [0.15, 0.2) is 12.3 Å². The maximum absolute atomic E-state index is 14.2. The summed E-state index contributed by atoms with van der Waals surface area (Å²) in [5.41, 5.74) is 3.82. The quantitative estimate of drug-likeness (QED) is 0.163. The van der Waals surface area contributed by atoms with Gasteiger partial charge in [0.15, 0.2) is 0 Å². The van der Waals surface area contributed by atoms with E-state index in [1.54, 1.807) is 40.9 Å². The number of likely N-dealkylation sites (tertiary alicyclic amines) is 1. The van der Waals surface area contributed by atoms with Crippen molar-refractivity contribution in [2.45, 2.75) is 117 Å². The Kier molecular flexibility index (Phi) is 11.9. The number of nitrogens with zero attached hydrogens (tertiary/aromatic N) is 1. The van der Waals surface area contributed by atoms with Crippen molar-refractivity contribution in [3.8, 4) is 0 Å². The van der Waals surface area contributed by atoms with Crippen LogP contribution >= 0.6 is 0 Å². The van der Waals surface area contributed by atoms with Gasteiger partial charge in [-0.3, -0.25) is 19.2 Å². The predicted molar refractivity (Wildman–Crippen MR) is 170 cm³/mol. The average Bonchev–Trinajstić information content (AvgIpc) is 3.48. The fourth-order valence-corrected chi connectivity index (χ4v) is 5.79. The van der Waals surface area contributed by atoms with Crippen LogP contribution in [0.25, 0.3) is 0 Å². The van der Waals surface area contributed by atoms with Crippen molar-refractivity contribution in [3.05, 3.63) is 12.3 Å². The van der Waals surface area contributed by atoms with Crippen LogP contribution < -0.4 is 21.7 Å². The second-order valence-electron chi connectivity index (χ2n) is 15.1. The molecule has 13 heteroatoms. The fourth-order valence-electron chi connectivity index (χ4n) is 5.79. The number of ether oxygens (including phenoxy) is 2. The Morgan fingerprint density at radius 3 is 2.20 bits per heavy atom. The van der Waals surface area contributed by atoms with Crippen molar-refractivity contribution >= 4 is 35.5 Å². The third kappa shape index (κ3) is 9.68. The van der Waals surface area contributed by atoms with E-state index in [0.717, 1.165) is 12.8 Å². The molecule has 46 heavy (non-hydrogen) atoms. The van der Waals surface area contributed by atoms with E-state index >= 15 is 0 Å². The van der Waals surface area contributed by atoms with Gasteiger partial charge in [-0.1, -0.05) is 61.3 Å². The zero-order valence-corrected chi connectivity index (χ0v) is 28.5. The standard InChI is InChI=1S/C33H53N5O8/c1-18(2)21-15-23(28(41)35-22(14-20-10-11-20)25(39)27(34)40)38(16-21)29(42)26(32(5,6)7)37-31(44)36-24(19(3)4)30(43)45-17-33(8)12-9-13-46-33/h9,13,18-24,26H,10-12,14-17H2,1-8H3,(H2,34,40)(H,35,41)(H2,36,37,44)/t21-,22?,23+,24+,26-,33?/m1/s1. The van der Waals surface area contributed by atoms with E-state index in [9.17, 15) is 28.8 Å². The maximum atomic E-state index is 14.2. The summed E-state index contributed by atoms with van der Waals surface area (Å²) in [6.07, 6.45) is 6.48. The number of nitrogens with one attached hydrogen (secondary N) is 3. The summed E-state index contributed by atoms with van der Waals surface area (Å²) in [6.45, 7) is 15.0. The van der Waals surface area contributed by atoms with Crippen molar-refractivity contribution in [2.24, 2.45) is 34.8 Å². The Labute approximate surface area is 272 Å². The molecular weight excluding hydrogens is 594 g/mol. The van der Waals surface area contributed by atoms with Crippen molar-refractivity contribution in [1.82, 2.24) is 20.9 Å². The van der Waals surface area contributed by atoms with Crippen LogP contribution in [0.2, 0.25) is 0 Å². The number of Topliss-reactive ketones (excluding diaryl/α,β-unsaturated/α-hetero) is 1. The van der Waals surface area contributed by atoms with Gasteiger partial charge in [-0.05, 0) is 54.9 Å². The van der Waals surface area contributed by atoms with E-state index < -0.39 is 70.7 Å². The molecule has 0 spiro atoms. The number of amides is 5. The number of urea groups is 1. The number of primary amides is 1. The first-order valence-electron chi connectivity index (χ1n) is 16.3. The van der Waals surface area contributed by atoms with Crippen LogP contribution in [0.4, 0.5) is 4.79 Å². The summed E-state index contributed by atoms with van der Waals surface area (Å²) in [7, 11) is 0. The molecule has 5 N–H and O–H groups in total. The summed E-state index contributed by atoms with van der Waals surface area (Å²) in [5, 5.41) is 8.15. The van der Waals surface area contributed by atoms with Gasteiger partial charge in [0.1, 0.15) is 30.3 Å². The highest BCUT2D eigenvalue weighted by Crippen LogP contribution is 2.35. The third-order valence-corrected chi connectivity index (χ3v) is 9.12. The molecule has 1 aliphatic carbocycles. The molecule has 2 aliphatic heterocycles. The van der Waals surface area contributed by atoms with Crippen LogP contribution in [0, 0.1) is 29.1 Å². The Morgan fingerprint density at radius 1 is 1.04 bits per heavy atom. The van der Waals surface area contributed by atoms with Gasteiger partial charge < -0.3 is 36.1 Å². The van der Waals surface area contributed by atoms with E-state index in [0.29, 0.717) is 19.3 Å². The largest absolute Gasteiger partial charge is 0.492 e. The van der Waals surface area contributed by atoms with Gasteiger partial charge in [-0.2, -0.15) is 0 Å². The van der Waals surface area contributed by atoms with Crippen molar-refractivity contribution < 1.29 is 38.2 Å². The molecule has 258 valence electrons. The molecule has 2 heterocycles. The minimum absolute atomic E-state index is 0.0103. The van der Waals surface area contributed by atoms with Crippen molar-refractivity contribution in [2.75, 3.05) is 13.2 Å². The molecule has 2 fully saturated rings. The van der Waals surface area contributed by atoms with Gasteiger partial charge >= 0.3 is 12.0 Å². The lowest BCUT2D eigenvalue weighted by molar-refractivity contribution is -0.153. The highest BCUT2D eigenvalue weighted by molar-refractivity contribution is 6.37. The van der Waals surface area contributed by atoms with Gasteiger partial charge in [-0.15, -0.1) is 0 Å². The molecular formula is C33H53N5O8. The molecule has 0 aromatic rings. The number of hydrogen-bond donors (Lipinski definition) is 4. The molecule has 2 unspecified atom stereocenters. The highest BCUT2D eigenvalue weighted by Gasteiger charge is 2.46. The fraction of sp³-hybridized carbons (Fsp3) is 0.758. The smallest absolute Gasteiger partial charge is 0.329 e. The Balaban J connectivity index is 1.75. The molecule has 5 amide bonds. The first-order chi connectivity index (χ1) is 21.3. The Hall–Kier alpha value is -3.64. The summed E-state index contributed by atoms with van der Waals surface area (Å²) in [6, 6.07) is -4.75. The number of ketones is 1. The SMILES string of the molecule is CC(C)[C@@H]1C[C@@H](C(=O)NC(CC2CC2)C(=O)C(N)=O)N(C(=O)[C@@H](NC(=O)N[C@H](C(=O)OCC2(C)CC=CO2)C(C)C)C(C)(C)C)C1. The van der Waals surface area contributed by atoms with E-state index in [1.165, 1.54) is 4.90 Å². The average molecular weight is 648 g/mol. The number of hydrogen-bond acceptors (Lipinski definition) is 8. The molecule has 0 aromatic carbocycles. The van der Waals surface area contributed by atoms with Gasteiger partial charge in [0.2, 0.25) is 17.6 Å². The first kappa shape index (κ1) is 36.8. The van der Waals surface area contributed by atoms with Gasteiger partial charge in [0, 0.05) is 13.0 Å². The number of carbonyl (C=O) groups excluding carboxylic acids is 6. The molecule has 3 aliphatic rings. The molecule has 3 rings (SSSR count). The Morgan fingerprint density at radius 2 is 1.70 bits per heavy atom. The molecule has 6 atom stereocenters. The van der Waals surface area contributed by atoms with Gasteiger partial charge in [0.05, 0.1) is 12.3 Å². The normalized spacial score (nSPS) is 24.6. The minimum atomic E-state index is -1.12. The van der Waals surface area contributed by atoms with Crippen molar-refractivity contribution in [1.29, 1.82) is 0 Å². The second-order valence-corrected chi connectivity index (χ2v) is 15.1. The third-order valence-electron chi connectivity index (χ3n) is 9.12. The van der Waals surface area contributed by atoms with E-state index in [4.69, 9.17) is 15.2 Å². The zero-order chi connectivity index (χ0) is 34.6. The molecule has 1 saturated heterocycles. The zero-order valence-electron chi connectivity index (χ0n) is 28.5. The lowest BCUT2D eigenvalue weighted by atomic mass is 9.85. The first-order valence-corrected chi connectivity index (χ1v) is 16.3. The van der Waals surface area contributed by atoms with Crippen LogP contribution in [-0.4, -0.2) is 83.3 Å². The molecule has 0 aromatic heterocycles. The lowest BCUT2D eigenvalue weighted by Crippen LogP contribution is -2.61. The number of nitrogens with two attached hydrogens (primary N) is 1. The van der Waals surface area contributed by atoms with Crippen LogP contribution in [0.3, 0.4) is 0 Å². The number of carbonyl (C=O) groups is 6. The minimum Gasteiger partial charge on any atom is -0.492 e. The number of esters is 1. The van der Waals surface area contributed by atoms with E-state index in [1.807, 2.05) is 26.8 Å².